The van der Waals surface area contributed by atoms with Crippen LogP contribution >= 0.6 is 11.8 Å². The van der Waals surface area contributed by atoms with Gasteiger partial charge in [0.05, 0.1) is 4.87 Å². The van der Waals surface area contributed by atoms with Crippen molar-refractivity contribution in [2.75, 3.05) is 12.4 Å². The van der Waals surface area contributed by atoms with Gasteiger partial charge in [-0.2, -0.15) is 0 Å². The van der Waals surface area contributed by atoms with Gasteiger partial charge in [0, 0.05) is 18.2 Å². The van der Waals surface area contributed by atoms with E-state index in [1.165, 1.54) is 6.42 Å². The summed E-state index contributed by atoms with van der Waals surface area (Å²) in [5.41, 5.74) is 0. The highest BCUT2D eigenvalue weighted by Gasteiger charge is 2.53. The van der Waals surface area contributed by atoms with Gasteiger partial charge in [-0.3, -0.25) is 9.59 Å². The minimum atomic E-state index is -0.559. The number of carbonyl (C=O) groups is 3. The highest BCUT2D eigenvalue weighted by molar-refractivity contribution is 8.01. The van der Waals surface area contributed by atoms with E-state index in [2.05, 4.69) is 12.2 Å². The number of rotatable bonds is 4. The number of hydrogen-bond donors (Lipinski definition) is 1. The largest absolute Gasteiger partial charge is 0.454 e. The minimum Gasteiger partial charge on any atom is -0.454 e. The molecule has 1 aliphatic carbocycles. The molecule has 2 saturated heterocycles. The Labute approximate surface area is 147 Å². The van der Waals surface area contributed by atoms with E-state index in [0.29, 0.717) is 18.1 Å². The number of esters is 1. The number of amides is 2. The molecule has 0 aromatic carbocycles. The second-order valence-electron chi connectivity index (χ2n) is 7.31. The molecule has 1 N–H and O–H groups in total. The van der Waals surface area contributed by atoms with E-state index >= 15 is 0 Å². The van der Waals surface area contributed by atoms with Crippen molar-refractivity contribution in [1.82, 2.24) is 10.2 Å². The van der Waals surface area contributed by atoms with E-state index in [-0.39, 0.29) is 29.3 Å². The molecule has 2 aliphatic heterocycles. The van der Waals surface area contributed by atoms with Gasteiger partial charge in [-0.15, -0.1) is 11.8 Å². The van der Waals surface area contributed by atoms with Crippen molar-refractivity contribution in [3.63, 3.8) is 0 Å². The Bertz CT molecular complexity index is 541. The molecule has 0 unspecified atom stereocenters. The summed E-state index contributed by atoms with van der Waals surface area (Å²) in [6, 6.07) is -0.383. The molecule has 0 bridgehead atoms. The van der Waals surface area contributed by atoms with Crippen molar-refractivity contribution in [3.05, 3.63) is 0 Å². The van der Waals surface area contributed by atoms with Crippen molar-refractivity contribution in [2.45, 2.75) is 69.3 Å². The standard InChI is InChI=1S/C17H26N2O4S/c1-11-5-3-4-6-12(11)18-14(20)9-23-16(22)13-10-24-17(2)8-7-15(21)19(13)17/h11-13H,3-10H2,1-2H3,(H,18,20)/t11-,12-,13+,17+/m1/s1. The number of ether oxygens (including phenoxy) is 1. The van der Waals surface area contributed by atoms with Crippen LogP contribution < -0.4 is 5.32 Å². The second-order valence-corrected chi connectivity index (χ2v) is 8.81. The average molecular weight is 354 g/mol. The first-order valence-corrected chi connectivity index (χ1v) is 9.81. The lowest BCUT2D eigenvalue weighted by Gasteiger charge is -2.30. The van der Waals surface area contributed by atoms with Gasteiger partial charge < -0.3 is 15.0 Å². The van der Waals surface area contributed by atoms with E-state index < -0.39 is 12.0 Å². The fourth-order valence-electron chi connectivity index (χ4n) is 4.01. The van der Waals surface area contributed by atoms with Crippen molar-refractivity contribution in [3.8, 4) is 0 Å². The van der Waals surface area contributed by atoms with Gasteiger partial charge >= 0.3 is 5.97 Å². The van der Waals surface area contributed by atoms with Crippen LogP contribution in [0.4, 0.5) is 0 Å². The Balaban J connectivity index is 1.49. The van der Waals surface area contributed by atoms with Crippen LogP contribution in [0.3, 0.4) is 0 Å². The zero-order chi connectivity index (χ0) is 17.3. The molecule has 3 aliphatic rings. The first kappa shape index (κ1) is 17.6. The molecule has 0 spiro atoms. The van der Waals surface area contributed by atoms with Crippen LogP contribution in [-0.4, -0.2) is 52.0 Å². The van der Waals surface area contributed by atoms with Crippen molar-refractivity contribution in [1.29, 1.82) is 0 Å². The van der Waals surface area contributed by atoms with Gasteiger partial charge in [-0.1, -0.05) is 19.8 Å². The lowest BCUT2D eigenvalue weighted by Crippen LogP contribution is -2.48. The molecule has 0 aromatic heterocycles. The quantitative estimate of drug-likeness (QED) is 0.778. The fourth-order valence-corrected chi connectivity index (χ4v) is 5.42. The lowest BCUT2D eigenvalue weighted by molar-refractivity contribution is -0.156. The maximum atomic E-state index is 12.3. The normalized spacial score (nSPS) is 35.7. The number of nitrogens with zero attached hydrogens (tertiary/aromatic N) is 1. The zero-order valence-corrected chi connectivity index (χ0v) is 15.2. The molecular formula is C17H26N2O4S. The molecule has 7 heteroatoms. The minimum absolute atomic E-state index is 0.00457. The highest BCUT2D eigenvalue weighted by Crippen LogP contribution is 2.47. The van der Waals surface area contributed by atoms with Crippen LogP contribution in [0.5, 0.6) is 0 Å². The molecule has 3 fully saturated rings. The summed E-state index contributed by atoms with van der Waals surface area (Å²) >= 11 is 1.62. The maximum absolute atomic E-state index is 12.3. The summed E-state index contributed by atoms with van der Waals surface area (Å²) in [6.45, 7) is 3.88. The molecule has 4 atom stereocenters. The van der Waals surface area contributed by atoms with Gasteiger partial charge in [0.1, 0.15) is 6.04 Å². The summed E-state index contributed by atoms with van der Waals surface area (Å²) < 4.78 is 5.21. The van der Waals surface area contributed by atoms with Gasteiger partial charge in [-0.05, 0) is 32.1 Å². The molecule has 1 saturated carbocycles. The fraction of sp³-hybridized carbons (Fsp3) is 0.824. The predicted molar refractivity (Wildman–Crippen MR) is 91.3 cm³/mol. The number of nitrogens with one attached hydrogen (secondary N) is 1. The van der Waals surface area contributed by atoms with Crippen LogP contribution in [0.15, 0.2) is 0 Å². The van der Waals surface area contributed by atoms with Crippen molar-refractivity contribution >= 4 is 29.5 Å². The highest BCUT2D eigenvalue weighted by atomic mass is 32.2. The van der Waals surface area contributed by atoms with Crippen LogP contribution in [0, 0.1) is 5.92 Å². The lowest BCUT2D eigenvalue weighted by atomic mass is 9.86. The molecule has 3 rings (SSSR count). The Morgan fingerprint density at radius 3 is 2.88 bits per heavy atom. The third kappa shape index (κ3) is 3.41. The number of fused-ring (bicyclic) bond motifs is 1. The molecule has 134 valence electrons. The molecule has 24 heavy (non-hydrogen) atoms. The molecule has 6 nitrogen and oxygen atoms in total. The summed E-state index contributed by atoms with van der Waals surface area (Å²) in [7, 11) is 0. The van der Waals surface area contributed by atoms with Crippen molar-refractivity contribution < 1.29 is 19.1 Å². The Morgan fingerprint density at radius 2 is 2.12 bits per heavy atom. The Kier molecular flexibility index (Phi) is 5.08. The van der Waals surface area contributed by atoms with Gasteiger partial charge in [0.15, 0.2) is 6.61 Å². The van der Waals surface area contributed by atoms with E-state index in [4.69, 9.17) is 4.74 Å². The first-order chi connectivity index (χ1) is 11.4. The first-order valence-electron chi connectivity index (χ1n) is 8.83. The predicted octanol–water partition coefficient (Wildman–Crippen LogP) is 1.68. The Hall–Kier alpha value is -1.24. The summed E-state index contributed by atoms with van der Waals surface area (Å²) in [4.78, 5) is 37.8. The number of thioether (sulfide) groups is 1. The van der Waals surface area contributed by atoms with E-state index in [1.54, 1.807) is 16.7 Å². The molecule has 0 aromatic rings. The SMILES string of the molecule is C[C@@H]1CCCC[C@H]1NC(=O)COC(=O)[C@@H]1CS[C@@]2(C)CCC(=O)N12. The third-order valence-corrected chi connectivity index (χ3v) is 7.03. The summed E-state index contributed by atoms with van der Waals surface area (Å²) in [5.74, 6) is 0.302. The average Bonchev–Trinajstić information content (AvgIpc) is 3.04. The van der Waals surface area contributed by atoms with E-state index in [9.17, 15) is 14.4 Å². The van der Waals surface area contributed by atoms with E-state index in [1.807, 2.05) is 6.92 Å². The van der Waals surface area contributed by atoms with Gasteiger partial charge in [-0.25, -0.2) is 4.79 Å². The molecule has 0 radical (unpaired) electrons. The molecule has 2 amide bonds. The number of carbonyl (C=O) groups excluding carboxylic acids is 3. The van der Waals surface area contributed by atoms with Crippen LogP contribution in [0.2, 0.25) is 0 Å². The van der Waals surface area contributed by atoms with Gasteiger partial charge in [0.25, 0.3) is 5.91 Å². The maximum Gasteiger partial charge on any atom is 0.330 e. The topological polar surface area (TPSA) is 75.7 Å². The van der Waals surface area contributed by atoms with Crippen molar-refractivity contribution in [2.24, 2.45) is 5.92 Å². The monoisotopic (exact) mass is 354 g/mol. The zero-order valence-electron chi connectivity index (χ0n) is 14.4. The van der Waals surface area contributed by atoms with E-state index in [0.717, 1.165) is 25.7 Å². The summed E-state index contributed by atoms with van der Waals surface area (Å²) in [5, 5.41) is 2.98. The van der Waals surface area contributed by atoms with Gasteiger partial charge in [0.2, 0.25) is 5.91 Å². The molecular weight excluding hydrogens is 328 g/mol. The smallest absolute Gasteiger partial charge is 0.330 e. The Morgan fingerprint density at radius 1 is 1.38 bits per heavy atom. The second kappa shape index (κ2) is 6.94. The van der Waals surface area contributed by atoms with Crippen LogP contribution in [0.1, 0.15) is 52.4 Å². The van der Waals surface area contributed by atoms with Crippen LogP contribution in [-0.2, 0) is 19.1 Å². The number of hydrogen-bond acceptors (Lipinski definition) is 5. The van der Waals surface area contributed by atoms with Crippen LogP contribution in [0.25, 0.3) is 0 Å². The third-order valence-electron chi connectivity index (χ3n) is 5.52. The summed E-state index contributed by atoms with van der Waals surface area (Å²) in [6.07, 6.45) is 5.70. The molecule has 2 heterocycles.